The summed E-state index contributed by atoms with van der Waals surface area (Å²) in [6.45, 7) is 12.4. The second-order valence-corrected chi connectivity index (χ2v) is 11.4. The molecule has 0 bridgehead atoms. The quantitative estimate of drug-likeness (QED) is 0.535. The maximum atomic E-state index is 13.0. The number of amides is 2. The first kappa shape index (κ1) is 24.6. The largest absolute Gasteiger partial charge is 0.482 e. The van der Waals surface area contributed by atoms with Gasteiger partial charge < -0.3 is 15.4 Å². The Morgan fingerprint density at radius 1 is 1.28 bits per heavy atom. The maximum absolute atomic E-state index is 13.0. The van der Waals surface area contributed by atoms with Gasteiger partial charge in [0.25, 0.3) is 11.8 Å². The normalized spacial score (nSPS) is 15.9. The van der Waals surface area contributed by atoms with Gasteiger partial charge in [-0.15, -0.1) is 11.3 Å². The van der Waals surface area contributed by atoms with Gasteiger partial charge in [0, 0.05) is 10.9 Å². The molecule has 0 saturated heterocycles. The Balaban J connectivity index is 1.81. The van der Waals surface area contributed by atoms with Crippen molar-refractivity contribution < 1.29 is 14.3 Å². The molecule has 1 aromatic carbocycles. The molecule has 2 N–H and O–H groups in total. The van der Waals surface area contributed by atoms with Gasteiger partial charge >= 0.3 is 0 Å². The molecule has 1 heterocycles. The first-order chi connectivity index (χ1) is 15.0. The molecule has 1 atom stereocenters. The maximum Gasteiger partial charge on any atom is 0.262 e. The summed E-state index contributed by atoms with van der Waals surface area (Å²) in [5.74, 6) is 0.569. The summed E-state index contributed by atoms with van der Waals surface area (Å²) in [4.78, 5) is 26.9. The van der Waals surface area contributed by atoms with Crippen LogP contribution in [0.1, 0.15) is 67.4 Å². The highest BCUT2D eigenvalue weighted by Crippen LogP contribution is 2.44. The van der Waals surface area contributed by atoms with Crippen LogP contribution in [0.3, 0.4) is 0 Å². The highest BCUT2D eigenvalue weighted by atomic mass is 35.5. The second kappa shape index (κ2) is 9.84. The molecule has 7 heteroatoms. The van der Waals surface area contributed by atoms with Crippen LogP contribution in [-0.2, 0) is 17.6 Å². The zero-order chi connectivity index (χ0) is 23.6. The number of benzene rings is 1. The van der Waals surface area contributed by atoms with Crippen LogP contribution in [-0.4, -0.2) is 24.5 Å². The van der Waals surface area contributed by atoms with Crippen molar-refractivity contribution >= 4 is 39.8 Å². The lowest BCUT2D eigenvalue weighted by Crippen LogP contribution is -2.32. The van der Waals surface area contributed by atoms with Crippen LogP contribution in [0.25, 0.3) is 0 Å². The van der Waals surface area contributed by atoms with Crippen LogP contribution in [0.4, 0.5) is 5.00 Å². The lowest BCUT2D eigenvalue weighted by Gasteiger charge is -2.33. The third-order valence-corrected chi connectivity index (χ3v) is 7.32. The van der Waals surface area contributed by atoms with Crippen molar-refractivity contribution in [3.8, 4) is 5.75 Å². The number of thiophene rings is 1. The van der Waals surface area contributed by atoms with Gasteiger partial charge in [-0.3, -0.25) is 9.59 Å². The molecule has 0 spiro atoms. The fourth-order valence-corrected chi connectivity index (χ4v) is 5.53. The molecule has 0 aliphatic heterocycles. The Kier molecular flexibility index (Phi) is 7.56. The second-order valence-electron chi connectivity index (χ2n) is 9.91. The number of nitrogens with one attached hydrogen (secondary N) is 2. The van der Waals surface area contributed by atoms with E-state index in [-0.39, 0.29) is 29.9 Å². The summed E-state index contributed by atoms with van der Waals surface area (Å²) >= 11 is 7.68. The first-order valence-corrected chi connectivity index (χ1v) is 12.3. The summed E-state index contributed by atoms with van der Waals surface area (Å²) < 4.78 is 5.64. The van der Waals surface area contributed by atoms with Crippen LogP contribution in [0.2, 0.25) is 5.02 Å². The van der Waals surface area contributed by atoms with Gasteiger partial charge in [-0.05, 0) is 74.6 Å². The lowest BCUT2D eigenvalue weighted by atomic mass is 9.72. The van der Waals surface area contributed by atoms with E-state index in [2.05, 4.69) is 31.4 Å². The number of hydrogen-bond acceptors (Lipinski definition) is 4. The average molecular weight is 477 g/mol. The van der Waals surface area contributed by atoms with Gasteiger partial charge in [0.2, 0.25) is 0 Å². The van der Waals surface area contributed by atoms with E-state index in [9.17, 15) is 9.59 Å². The monoisotopic (exact) mass is 476 g/mol. The third kappa shape index (κ3) is 5.84. The molecule has 0 unspecified atom stereocenters. The van der Waals surface area contributed by atoms with Crippen LogP contribution in [0.15, 0.2) is 18.2 Å². The third-order valence-electron chi connectivity index (χ3n) is 5.84. The number of fused-ring (bicyclic) bond motifs is 1. The minimum atomic E-state index is -0.313. The zero-order valence-electron chi connectivity index (χ0n) is 19.7. The molecule has 1 aromatic heterocycles. The van der Waals surface area contributed by atoms with E-state index in [0.717, 1.165) is 30.4 Å². The molecular formula is C25H33ClN2O3S. The van der Waals surface area contributed by atoms with E-state index >= 15 is 0 Å². The molecule has 2 aromatic rings. The number of aryl methyl sites for hydroxylation is 1. The van der Waals surface area contributed by atoms with Gasteiger partial charge in [0.05, 0.1) is 10.6 Å². The number of halogens is 1. The Morgan fingerprint density at radius 3 is 2.66 bits per heavy atom. The number of hydrogen-bond donors (Lipinski definition) is 2. The summed E-state index contributed by atoms with van der Waals surface area (Å²) in [7, 11) is 0. The minimum Gasteiger partial charge on any atom is -0.482 e. The van der Waals surface area contributed by atoms with Crippen molar-refractivity contribution in [1.29, 1.82) is 0 Å². The van der Waals surface area contributed by atoms with E-state index in [1.54, 1.807) is 12.1 Å². The Hall–Kier alpha value is -2.05. The summed E-state index contributed by atoms with van der Waals surface area (Å²) in [5.41, 5.74) is 2.88. The smallest absolute Gasteiger partial charge is 0.262 e. The lowest BCUT2D eigenvalue weighted by molar-refractivity contribution is -0.118. The number of carbonyl (C=O) groups is 2. The van der Waals surface area contributed by atoms with Crippen LogP contribution in [0, 0.1) is 18.3 Å². The fourth-order valence-electron chi connectivity index (χ4n) is 4.01. The predicted molar refractivity (Wildman–Crippen MR) is 132 cm³/mol. The SMILES string of the molecule is Cc1ccc(Cl)c(OCC(=O)Nc2sc3c(c2C(=O)NC(C)C)CC[C@@H](C(C)(C)C)C3)c1. The van der Waals surface area contributed by atoms with Gasteiger partial charge in [0.1, 0.15) is 10.8 Å². The molecule has 5 nitrogen and oxygen atoms in total. The molecule has 0 saturated carbocycles. The number of carbonyl (C=O) groups excluding carboxylic acids is 2. The molecule has 0 radical (unpaired) electrons. The van der Waals surface area contributed by atoms with E-state index < -0.39 is 0 Å². The molecule has 1 aliphatic rings. The Bertz CT molecular complexity index is 1010. The molecule has 174 valence electrons. The fraction of sp³-hybridized carbons (Fsp3) is 0.520. The number of rotatable bonds is 6. The van der Waals surface area contributed by atoms with Gasteiger partial charge in [-0.2, -0.15) is 0 Å². The molecule has 3 rings (SSSR count). The highest BCUT2D eigenvalue weighted by Gasteiger charge is 2.34. The van der Waals surface area contributed by atoms with Crippen molar-refractivity contribution in [1.82, 2.24) is 5.32 Å². The number of ether oxygens (including phenoxy) is 1. The van der Waals surface area contributed by atoms with Gasteiger partial charge in [0.15, 0.2) is 6.61 Å². The molecule has 0 fully saturated rings. The van der Waals surface area contributed by atoms with Crippen molar-refractivity contribution in [3.63, 3.8) is 0 Å². The van der Waals surface area contributed by atoms with E-state index in [0.29, 0.717) is 27.3 Å². The van der Waals surface area contributed by atoms with Crippen molar-refractivity contribution in [2.24, 2.45) is 11.3 Å². The molecule has 1 aliphatic carbocycles. The van der Waals surface area contributed by atoms with Crippen LogP contribution >= 0.6 is 22.9 Å². The van der Waals surface area contributed by atoms with Crippen LogP contribution < -0.4 is 15.4 Å². The Labute approximate surface area is 199 Å². The van der Waals surface area contributed by atoms with E-state index in [4.69, 9.17) is 16.3 Å². The minimum absolute atomic E-state index is 0.0133. The first-order valence-electron chi connectivity index (χ1n) is 11.1. The van der Waals surface area contributed by atoms with Crippen molar-refractivity contribution in [2.45, 2.75) is 66.8 Å². The van der Waals surface area contributed by atoms with Crippen LogP contribution in [0.5, 0.6) is 5.75 Å². The molecular weight excluding hydrogens is 444 g/mol. The average Bonchev–Trinajstić information content (AvgIpc) is 3.04. The molecule has 2 amide bonds. The van der Waals surface area contributed by atoms with E-state index in [1.807, 2.05) is 26.8 Å². The highest BCUT2D eigenvalue weighted by molar-refractivity contribution is 7.17. The summed E-state index contributed by atoms with van der Waals surface area (Å²) in [6, 6.07) is 5.44. The summed E-state index contributed by atoms with van der Waals surface area (Å²) in [5, 5.41) is 6.98. The molecule has 32 heavy (non-hydrogen) atoms. The van der Waals surface area contributed by atoms with E-state index in [1.165, 1.54) is 16.2 Å². The predicted octanol–water partition coefficient (Wildman–Crippen LogP) is 6.02. The van der Waals surface area contributed by atoms with Crippen molar-refractivity contribution in [2.75, 3.05) is 11.9 Å². The zero-order valence-corrected chi connectivity index (χ0v) is 21.3. The van der Waals surface area contributed by atoms with Gasteiger partial charge in [-0.25, -0.2) is 0 Å². The number of anilines is 1. The summed E-state index contributed by atoms with van der Waals surface area (Å²) in [6.07, 6.45) is 2.81. The van der Waals surface area contributed by atoms with Crippen molar-refractivity contribution in [3.05, 3.63) is 44.8 Å². The topological polar surface area (TPSA) is 67.4 Å². The van der Waals surface area contributed by atoms with Gasteiger partial charge in [-0.1, -0.05) is 38.4 Å². The Morgan fingerprint density at radius 2 is 2.00 bits per heavy atom. The standard InChI is InChI=1S/C25H33ClN2O3S/c1-14(2)27-23(30)22-17-9-8-16(25(4,5)6)12-20(17)32-24(22)28-21(29)13-31-19-11-15(3)7-10-18(19)26/h7,10-11,14,16H,8-9,12-13H2,1-6H3,(H,27,30)(H,28,29)/t16-/m1/s1.